The Kier molecular flexibility index (Phi) is 4.16. The van der Waals surface area contributed by atoms with Gasteiger partial charge in [-0.1, -0.05) is 13.8 Å². The van der Waals surface area contributed by atoms with Gasteiger partial charge < -0.3 is 9.67 Å². The van der Waals surface area contributed by atoms with E-state index in [9.17, 15) is 24.3 Å². The summed E-state index contributed by atoms with van der Waals surface area (Å²) in [4.78, 5) is 50.0. The van der Waals surface area contributed by atoms with Crippen LogP contribution < -0.4 is 5.43 Å². The SMILES string of the molecule is CCCN1C(=O)c2cc3c(=O)c(C(=O)O)cn(CCC)c3cc2C1=O. The number of aromatic carboxylic acids is 1. The number of hydrogen-bond donors (Lipinski definition) is 1. The Balaban J connectivity index is 2.33. The first-order valence-corrected chi connectivity index (χ1v) is 8.21. The summed E-state index contributed by atoms with van der Waals surface area (Å²) in [5.74, 6) is -2.13. The van der Waals surface area contributed by atoms with Gasteiger partial charge in [-0.3, -0.25) is 19.3 Å². The van der Waals surface area contributed by atoms with Crippen molar-refractivity contribution in [3.05, 3.63) is 45.2 Å². The number of aromatic nitrogens is 1. The van der Waals surface area contributed by atoms with Crippen molar-refractivity contribution in [3.63, 3.8) is 0 Å². The molecule has 0 spiro atoms. The first-order chi connectivity index (χ1) is 11.9. The highest BCUT2D eigenvalue weighted by Gasteiger charge is 2.35. The first-order valence-electron chi connectivity index (χ1n) is 8.21. The van der Waals surface area contributed by atoms with Crippen LogP contribution in [0.4, 0.5) is 0 Å². The van der Waals surface area contributed by atoms with E-state index in [0.717, 1.165) is 11.3 Å². The molecule has 130 valence electrons. The number of carboxylic acid groups (broad SMARTS) is 1. The molecule has 25 heavy (non-hydrogen) atoms. The van der Waals surface area contributed by atoms with Gasteiger partial charge in [-0.2, -0.15) is 0 Å². The lowest BCUT2D eigenvalue weighted by Gasteiger charge is -2.12. The summed E-state index contributed by atoms with van der Waals surface area (Å²) < 4.78 is 1.65. The summed E-state index contributed by atoms with van der Waals surface area (Å²) in [5, 5.41) is 9.42. The van der Waals surface area contributed by atoms with Crippen LogP contribution >= 0.6 is 0 Å². The zero-order chi connectivity index (χ0) is 18.3. The highest BCUT2D eigenvalue weighted by molar-refractivity contribution is 6.23. The largest absolute Gasteiger partial charge is 0.477 e. The number of nitrogens with zero attached hydrogens (tertiary/aromatic N) is 2. The van der Waals surface area contributed by atoms with Gasteiger partial charge in [0.1, 0.15) is 5.56 Å². The van der Waals surface area contributed by atoms with Crippen molar-refractivity contribution in [2.24, 2.45) is 0 Å². The monoisotopic (exact) mass is 342 g/mol. The van der Waals surface area contributed by atoms with Gasteiger partial charge in [-0.15, -0.1) is 0 Å². The fraction of sp³-hybridized carbons (Fsp3) is 0.333. The van der Waals surface area contributed by atoms with Crippen LogP contribution in [0.15, 0.2) is 23.1 Å². The topological polar surface area (TPSA) is 96.7 Å². The summed E-state index contributed by atoms with van der Waals surface area (Å²) >= 11 is 0. The maximum atomic E-state index is 12.5. The van der Waals surface area contributed by atoms with Crippen molar-refractivity contribution in [1.82, 2.24) is 9.47 Å². The van der Waals surface area contributed by atoms with Gasteiger partial charge in [0, 0.05) is 24.7 Å². The molecule has 2 amide bonds. The van der Waals surface area contributed by atoms with Crippen LogP contribution in [0.5, 0.6) is 0 Å². The molecule has 2 aromatic rings. The molecule has 1 aromatic carbocycles. The highest BCUT2D eigenvalue weighted by atomic mass is 16.4. The van der Waals surface area contributed by atoms with Crippen molar-refractivity contribution in [2.75, 3.05) is 6.54 Å². The molecule has 0 bridgehead atoms. The van der Waals surface area contributed by atoms with Crippen LogP contribution in [-0.2, 0) is 6.54 Å². The third-order valence-electron chi connectivity index (χ3n) is 4.31. The molecule has 0 atom stereocenters. The van der Waals surface area contributed by atoms with Crippen LogP contribution in [0.25, 0.3) is 10.9 Å². The molecule has 0 saturated carbocycles. The number of aryl methyl sites for hydroxylation is 1. The van der Waals surface area contributed by atoms with E-state index in [1.807, 2.05) is 13.8 Å². The van der Waals surface area contributed by atoms with Gasteiger partial charge >= 0.3 is 5.97 Å². The number of imide groups is 1. The van der Waals surface area contributed by atoms with E-state index in [0.29, 0.717) is 25.0 Å². The van der Waals surface area contributed by atoms with E-state index in [2.05, 4.69) is 0 Å². The summed E-state index contributed by atoms with van der Waals surface area (Å²) in [6, 6.07) is 2.89. The molecule has 1 aliphatic rings. The Hall–Kier alpha value is -2.96. The minimum atomic E-state index is -1.31. The smallest absolute Gasteiger partial charge is 0.341 e. The van der Waals surface area contributed by atoms with Crippen LogP contribution in [0, 0.1) is 0 Å². The summed E-state index contributed by atoms with van der Waals surface area (Å²) in [6.07, 6.45) is 2.66. The van der Waals surface area contributed by atoms with E-state index >= 15 is 0 Å². The molecule has 7 nitrogen and oxygen atoms in total. The van der Waals surface area contributed by atoms with Gasteiger partial charge in [0.2, 0.25) is 5.43 Å². The molecule has 3 rings (SSSR count). The van der Waals surface area contributed by atoms with Crippen LogP contribution in [0.1, 0.15) is 57.8 Å². The number of carboxylic acids is 1. The second kappa shape index (κ2) is 6.16. The average molecular weight is 342 g/mol. The zero-order valence-electron chi connectivity index (χ0n) is 14.0. The molecule has 1 N–H and O–H groups in total. The Morgan fingerprint density at radius 3 is 2.16 bits per heavy atom. The van der Waals surface area contributed by atoms with Gasteiger partial charge in [-0.25, -0.2) is 4.79 Å². The second-order valence-electron chi connectivity index (χ2n) is 6.05. The van der Waals surface area contributed by atoms with Crippen molar-refractivity contribution < 1.29 is 19.5 Å². The summed E-state index contributed by atoms with van der Waals surface area (Å²) in [7, 11) is 0. The molecule has 7 heteroatoms. The summed E-state index contributed by atoms with van der Waals surface area (Å²) in [5.41, 5.74) is -0.100. The molecule has 0 radical (unpaired) electrons. The van der Waals surface area contributed by atoms with E-state index in [4.69, 9.17) is 0 Å². The number of carbonyl (C=O) groups is 3. The Labute approximate surface area is 143 Å². The van der Waals surface area contributed by atoms with E-state index in [1.165, 1.54) is 18.3 Å². The molecule has 1 aromatic heterocycles. The van der Waals surface area contributed by atoms with Gasteiger partial charge in [0.25, 0.3) is 11.8 Å². The van der Waals surface area contributed by atoms with Crippen LogP contribution in [-0.4, -0.2) is 38.9 Å². The third kappa shape index (κ3) is 2.52. The number of carbonyl (C=O) groups excluding carboxylic acids is 2. The lowest BCUT2D eigenvalue weighted by molar-refractivity contribution is 0.0650. The van der Waals surface area contributed by atoms with Crippen LogP contribution in [0.3, 0.4) is 0 Å². The predicted molar refractivity (Wildman–Crippen MR) is 91.1 cm³/mol. The number of pyridine rings is 1. The fourth-order valence-electron chi connectivity index (χ4n) is 3.18. The quantitative estimate of drug-likeness (QED) is 0.840. The van der Waals surface area contributed by atoms with Crippen molar-refractivity contribution in [3.8, 4) is 0 Å². The standard InChI is InChI=1S/C18H18N2O5/c1-3-5-19-9-13(18(24)25)15(21)12-7-10-11(8-14(12)19)17(23)20(6-4-2)16(10)22/h7-9H,3-6H2,1-2H3,(H,24,25). The zero-order valence-corrected chi connectivity index (χ0v) is 14.0. The number of amides is 2. The van der Waals surface area contributed by atoms with Gasteiger partial charge in [0.15, 0.2) is 0 Å². The lowest BCUT2D eigenvalue weighted by Crippen LogP contribution is -2.30. The first kappa shape index (κ1) is 16.9. The predicted octanol–water partition coefficient (Wildman–Crippen LogP) is 2.12. The fourth-order valence-corrected chi connectivity index (χ4v) is 3.18. The molecule has 1 aliphatic heterocycles. The van der Waals surface area contributed by atoms with E-state index < -0.39 is 17.3 Å². The maximum Gasteiger partial charge on any atom is 0.341 e. The minimum Gasteiger partial charge on any atom is -0.477 e. The number of rotatable bonds is 5. The van der Waals surface area contributed by atoms with Gasteiger partial charge in [0.05, 0.1) is 16.6 Å². The van der Waals surface area contributed by atoms with Gasteiger partial charge in [-0.05, 0) is 25.0 Å². The Bertz CT molecular complexity index is 974. The Morgan fingerprint density at radius 2 is 1.60 bits per heavy atom. The number of benzene rings is 1. The third-order valence-corrected chi connectivity index (χ3v) is 4.31. The van der Waals surface area contributed by atoms with Crippen molar-refractivity contribution in [1.29, 1.82) is 0 Å². The van der Waals surface area contributed by atoms with E-state index in [1.54, 1.807) is 4.57 Å². The molecule has 0 unspecified atom stereocenters. The normalized spacial score (nSPS) is 13.6. The molecular weight excluding hydrogens is 324 g/mol. The molecular formula is C18H18N2O5. The van der Waals surface area contributed by atoms with Crippen molar-refractivity contribution in [2.45, 2.75) is 33.2 Å². The average Bonchev–Trinajstić information content (AvgIpc) is 2.81. The maximum absolute atomic E-state index is 12.5. The van der Waals surface area contributed by atoms with Crippen molar-refractivity contribution >= 4 is 28.7 Å². The van der Waals surface area contributed by atoms with Crippen LogP contribution in [0.2, 0.25) is 0 Å². The second-order valence-corrected chi connectivity index (χ2v) is 6.05. The highest BCUT2D eigenvalue weighted by Crippen LogP contribution is 2.27. The van der Waals surface area contributed by atoms with E-state index in [-0.39, 0.29) is 28.0 Å². The number of hydrogen-bond acceptors (Lipinski definition) is 4. The molecule has 0 saturated heterocycles. The Morgan fingerprint density at radius 1 is 1.00 bits per heavy atom. The number of fused-ring (bicyclic) bond motifs is 2. The minimum absolute atomic E-state index is 0.145. The summed E-state index contributed by atoms with van der Waals surface area (Å²) in [6.45, 7) is 4.60. The molecule has 2 heterocycles. The lowest BCUT2D eigenvalue weighted by atomic mass is 10.0. The molecule has 0 fully saturated rings. The molecule has 0 aliphatic carbocycles.